The summed E-state index contributed by atoms with van der Waals surface area (Å²) in [4.78, 5) is 3.73. The molecule has 6 heteroatoms. The summed E-state index contributed by atoms with van der Waals surface area (Å²) >= 11 is 7.48. The number of hydrogen-bond acceptors (Lipinski definition) is 2. The van der Waals surface area contributed by atoms with E-state index in [-0.39, 0.29) is 23.6 Å². The number of aromatic nitrogens is 1. The van der Waals surface area contributed by atoms with Crippen molar-refractivity contribution >= 4 is 34.2 Å². The Morgan fingerprint density at radius 3 is 2.73 bits per heavy atom. The average molecular weight is 343 g/mol. The highest BCUT2D eigenvalue weighted by Crippen LogP contribution is 2.26. The van der Waals surface area contributed by atoms with Crippen molar-refractivity contribution in [3.63, 3.8) is 0 Å². The minimum absolute atomic E-state index is 0.0916. The molecule has 0 unspecified atom stereocenters. The summed E-state index contributed by atoms with van der Waals surface area (Å²) in [5.41, 5.74) is 0.468. The predicted octanol–water partition coefficient (Wildman–Crippen LogP) is 3.43. The van der Waals surface area contributed by atoms with Crippen LogP contribution >= 0.6 is 34.2 Å². The summed E-state index contributed by atoms with van der Waals surface area (Å²) in [5.74, 6) is 0.106. The van der Waals surface area contributed by atoms with Crippen molar-refractivity contribution in [2.45, 2.75) is 18.7 Å². The van der Waals surface area contributed by atoms with Crippen molar-refractivity contribution in [3.05, 3.63) is 26.6 Å². The number of nitrogens with zero attached hydrogens (tertiary/aromatic N) is 2. The molecule has 0 spiro atoms. The molecule has 0 saturated carbocycles. The van der Waals surface area contributed by atoms with Gasteiger partial charge in [0.1, 0.15) is 9.39 Å². The van der Waals surface area contributed by atoms with E-state index in [1.165, 1.54) is 0 Å². The van der Waals surface area contributed by atoms with Gasteiger partial charge in [-0.05, 0) is 39.8 Å². The molecular formula is C9H6ClF2IN2. The lowest BCUT2D eigenvalue weighted by molar-refractivity contribution is 0.144. The maximum Gasteiger partial charge on any atom is 0.280 e. The first-order chi connectivity index (χ1) is 7.10. The van der Waals surface area contributed by atoms with Crippen LogP contribution in [-0.4, -0.2) is 4.98 Å². The molecule has 1 aromatic rings. The summed E-state index contributed by atoms with van der Waals surface area (Å²) in [6.07, 6.45) is -2.77. The van der Waals surface area contributed by atoms with Crippen molar-refractivity contribution in [1.82, 2.24) is 4.98 Å². The van der Waals surface area contributed by atoms with E-state index in [4.69, 9.17) is 16.9 Å². The van der Waals surface area contributed by atoms with Crippen LogP contribution in [-0.2, 0) is 12.3 Å². The Kier molecular flexibility index (Phi) is 4.67. The predicted molar refractivity (Wildman–Crippen MR) is 60.8 cm³/mol. The van der Waals surface area contributed by atoms with E-state index in [9.17, 15) is 8.78 Å². The highest BCUT2D eigenvalue weighted by Gasteiger charge is 2.18. The SMILES string of the molecule is N#CCc1c(CCl)cc(I)nc1C(F)F. The van der Waals surface area contributed by atoms with E-state index in [0.29, 0.717) is 9.26 Å². The molecule has 0 aliphatic heterocycles. The van der Waals surface area contributed by atoms with E-state index >= 15 is 0 Å². The van der Waals surface area contributed by atoms with Crippen molar-refractivity contribution in [2.24, 2.45) is 0 Å². The monoisotopic (exact) mass is 342 g/mol. The van der Waals surface area contributed by atoms with E-state index in [2.05, 4.69) is 4.98 Å². The van der Waals surface area contributed by atoms with Crippen LogP contribution in [0, 0.1) is 15.0 Å². The van der Waals surface area contributed by atoms with Gasteiger partial charge in [-0.1, -0.05) is 0 Å². The highest BCUT2D eigenvalue weighted by molar-refractivity contribution is 14.1. The standard InChI is InChI=1S/C9H6ClF2IN2/c10-4-5-3-7(13)15-8(9(11)12)6(5)1-2-14/h3,9H,1,4H2. The second-order valence-electron chi connectivity index (χ2n) is 2.74. The molecule has 0 N–H and O–H groups in total. The number of hydrogen-bond donors (Lipinski definition) is 0. The van der Waals surface area contributed by atoms with Crippen LogP contribution in [0.15, 0.2) is 6.07 Å². The molecule has 0 bridgehead atoms. The third-order valence-corrected chi connectivity index (χ3v) is 2.66. The van der Waals surface area contributed by atoms with Crippen LogP contribution in [0.2, 0.25) is 0 Å². The molecule has 0 radical (unpaired) electrons. The molecule has 1 rings (SSSR count). The van der Waals surface area contributed by atoms with Gasteiger partial charge in [0.25, 0.3) is 6.43 Å². The molecular weight excluding hydrogens is 336 g/mol. The molecule has 15 heavy (non-hydrogen) atoms. The minimum Gasteiger partial charge on any atom is -0.241 e. The Labute approximate surface area is 104 Å². The van der Waals surface area contributed by atoms with Gasteiger partial charge >= 0.3 is 0 Å². The molecule has 1 aromatic heterocycles. The zero-order valence-electron chi connectivity index (χ0n) is 7.48. The first kappa shape index (κ1) is 12.6. The number of rotatable bonds is 3. The normalized spacial score (nSPS) is 10.4. The van der Waals surface area contributed by atoms with E-state index in [1.807, 2.05) is 28.7 Å². The smallest absolute Gasteiger partial charge is 0.241 e. The van der Waals surface area contributed by atoms with Gasteiger partial charge in [-0.25, -0.2) is 13.8 Å². The lowest BCUT2D eigenvalue weighted by atomic mass is 10.1. The number of pyridine rings is 1. The largest absolute Gasteiger partial charge is 0.280 e. The Morgan fingerprint density at radius 1 is 1.60 bits per heavy atom. The molecule has 1 heterocycles. The third-order valence-electron chi connectivity index (χ3n) is 1.82. The fourth-order valence-corrected chi connectivity index (χ4v) is 2.07. The molecule has 0 saturated heterocycles. The fourth-order valence-electron chi connectivity index (χ4n) is 1.19. The van der Waals surface area contributed by atoms with Crippen molar-refractivity contribution in [2.75, 3.05) is 0 Å². The van der Waals surface area contributed by atoms with Crippen molar-refractivity contribution in [1.29, 1.82) is 5.26 Å². The zero-order valence-corrected chi connectivity index (χ0v) is 10.4. The van der Waals surface area contributed by atoms with E-state index in [1.54, 1.807) is 6.07 Å². The second kappa shape index (κ2) is 5.56. The lowest BCUT2D eigenvalue weighted by Crippen LogP contribution is -2.04. The zero-order chi connectivity index (χ0) is 11.4. The number of halogens is 4. The Bertz CT molecular complexity index is 404. The highest BCUT2D eigenvalue weighted by atomic mass is 127. The summed E-state index contributed by atoms with van der Waals surface area (Å²) in [6.45, 7) is 0. The first-order valence-corrected chi connectivity index (χ1v) is 5.60. The van der Waals surface area contributed by atoms with Gasteiger partial charge in [0.2, 0.25) is 0 Å². The molecule has 0 aliphatic carbocycles. The van der Waals surface area contributed by atoms with Crippen LogP contribution in [0.3, 0.4) is 0 Å². The van der Waals surface area contributed by atoms with E-state index < -0.39 is 6.43 Å². The molecule has 0 amide bonds. The molecule has 0 atom stereocenters. The number of alkyl halides is 3. The van der Waals surface area contributed by atoms with E-state index in [0.717, 1.165) is 0 Å². The maximum absolute atomic E-state index is 12.6. The van der Waals surface area contributed by atoms with Crippen molar-refractivity contribution in [3.8, 4) is 6.07 Å². The van der Waals surface area contributed by atoms with Crippen molar-refractivity contribution < 1.29 is 8.78 Å². The Morgan fingerprint density at radius 2 is 2.27 bits per heavy atom. The Balaban J connectivity index is 3.34. The fraction of sp³-hybridized carbons (Fsp3) is 0.333. The van der Waals surface area contributed by atoms with Gasteiger partial charge in [0.15, 0.2) is 0 Å². The molecule has 0 aromatic carbocycles. The summed E-state index contributed by atoms with van der Waals surface area (Å²) < 4.78 is 25.7. The molecule has 0 aliphatic rings. The average Bonchev–Trinajstić information content (AvgIpc) is 2.19. The van der Waals surface area contributed by atoms with Crippen LogP contribution in [0.25, 0.3) is 0 Å². The van der Waals surface area contributed by atoms with Crippen LogP contribution in [0.5, 0.6) is 0 Å². The van der Waals surface area contributed by atoms with Crippen LogP contribution in [0.1, 0.15) is 23.2 Å². The summed E-state index contributed by atoms with van der Waals surface area (Å²) in [6, 6.07) is 3.46. The summed E-state index contributed by atoms with van der Waals surface area (Å²) in [7, 11) is 0. The quantitative estimate of drug-likeness (QED) is 0.479. The topological polar surface area (TPSA) is 36.7 Å². The summed E-state index contributed by atoms with van der Waals surface area (Å²) in [5, 5.41) is 8.55. The second-order valence-corrected chi connectivity index (χ2v) is 4.11. The molecule has 80 valence electrons. The van der Waals surface area contributed by atoms with Gasteiger partial charge in [0.05, 0.1) is 12.5 Å². The molecule has 2 nitrogen and oxygen atoms in total. The van der Waals surface area contributed by atoms with Gasteiger partial charge < -0.3 is 0 Å². The van der Waals surface area contributed by atoms with Gasteiger partial charge in [-0.2, -0.15) is 5.26 Å². The lowest BCUT2D eigenvalue weighted by Gasteiger charge is -2.10. The van der Waals surface area contributed by atoms with Crippen LogP contribution in [0.4, 0.5) is 8.78 Å². The van der Waals surface area contributed by atoms with Gasteiger partial charge in [0, 0.05) is 5.88 Å². The molecule has 0 fully saturated rings. The Hall–Kier alpha value is -0.480. The maximum atomic E-state index is 12.6. The third kappa shape index (κ3) is 2.98. The minimum atomic E-state index is -2.68. The first-order valence-electron chi connectivity index (χ1n) is 3.99. The van der Waals surface area contributed by atoms with Crippen LogP contribution < -0.4 is 0 Å². The number of nitriles is 1. The van der Waals surface area contributed by atoms with Gasteiger partial charge in [-0.3, -0.25) is 0 Å². The van der Waals surface area contributed by atoms with Gasteiger partial charge in [-0.15, -0.1) is 11.6 Å².